The molecule has 99 heavy (non-hydrogen) atoms. The molecule has 0 spiro atoms. The normalized spacial score (nSPS) is 11.8. The molecule has 21 rings (SSSR count). The Bertz CT molecular complexity index is 6710. The third-order valence-corrected chi connectivity index (χ3v) is 19.7. The van der Waals surface area contributed by atoms with Crippen LogP contribution < -0.4 is 16.7 Å². The van der Waals surface area contributed by atoms with Gasteiger partial charge < -0.3 is 0 Å². The fourth-order valence-electron chi connectivity index (χ4n) is 15.3. The van der Waals surface area contributed by atoms with Crippen LogP contribution in [0.4, 0.5) is 0 Å². The standard InChI is InChI=1S/3C30H18N2O/c33-30-25-15-7-14-23-21(19-9-3-1-4-10-19)17-18-24(27(23)25)29-31-28-22(20-11-5-2-6-12-20)13-8-16-26(28)32(29)30;33-30-25-18-17-21(19-9-3-1-4-10-19)23-14-7-15-24(27(23)25)29-31-28-22(20-11-5-2-6-12-20)13-8-16-26(28)32(29)30;33-30-25-16-8-14-21-13-7-15-24(26(21)25)29-31-27-22(19-9-3-1-4-10-19)17-18-23(28(27)32(29)30)20-11-5-2-6-12-20/h3*1-18H. The lowest BCUT2D eigenvalue weighted by molar-refractivity contribution is 1.19. The monoisotopic (exact) mass is 1270 g/mol. The second-order valence-electron chi connectivity index (χ2n) is 25.1. The highest BCUT2D eigenvalue weighted by molar-refractivity contribution is 6.22. The van der Waals surface area contributed by atoms with E-state index in [1.54, 1.807) is 8.80 Å². The number of para-hydroxylation sites is 2. The van der Waals surface area contributed by atoms with E-state index in [0.717, 1.165) is 164 Å². The summed E-state index contributed by atoms with van der Waals surface area (Å²) < 4.78 is 5.38. The summed E-state index contributed by atoms with van der Waals surface area (Å²) in [6, 6.07) is 111. The van der Waals surface area contributed by atoms with Crippen LogP contribution >= 0.6 is 0 Å². The van der Waals surface area contributed by atoms with Gasteiger partial charge in [-0.15, -0.1) is 0 Å². The van der Waals surface area contributed by atoms with E-state index >= 15 is 0 Å². The van der Waals surface area contributed by atoms with Gasteiger partial charge in [-0.2, -0.15) is 0 Å². The number of rotatable bonds is 6. The van der Waals surface area contributed by atoms with Crippen molar-refractivity contribution in [3.05, 3.63) is 359 Å². The van der Waals surface area contributed by atoms with Gasteiger partial charge in [0.25, 0.3) is 16.7 Å². The molecule has 462 valence electrons. The number of pyridine rings is 3. The number of fused-ring (bicyclic) bond motifs is 12. The molecule has 0 radical (unpaired) electrons. The van der Waals surface area contributed by atoms with Crippen molar-refractivity contribution >= 4 is 115 Å². The first-order chi connectivity index (χ1) is 48.9. The van der Waals surface area contributed by atoms with Crippen LogP contribution in [0.25, 0.3) is 181 Å². The van der Waals surface area contributed by atoms with Gasteiger partial charge >= 0.3 is 0 Å². The third-order valence-electron chi connectivity index (χ3n) is 19.7. The Balaban J connectivity index is 0.000000104. The predicted molar refractivity (Wildman–Crippen MR) is 408 cm³/mol. The van der Waals surface area contributed by atoms with Gasteiger partial charge in [0.15, 0.2) is 0 Å². The number of imidazole rings is 3. The van der Waals surface area contributed by atoms with Crippen molar-refractivity contribution in [2.24, 2.45) is 0 Å². The SMILES string of the molecule is O=c1c2ccc(-c3ccccc3)c3cccc(c32)c2nc3c(-c4ccccc4)cccc3n12.O=c1c2cccc3c(-c4ccccc4)ccc(c32)c2nc3c(-c4ccccc4)cccc3n12.O=c1c2cccc3cccc(c32)c2nc3c(-c4ccccc4)ccc(-c4ccccc4)c3n12. The minimum absolute atomic E-state index is 0.0268. The maximum Gasteiger partial charge on any atom is 0.264 e. The maximum atomic E-state index is 13.9. The molecule has 0 saturated carbocycles. The van der Waals surface area contributed by atoms with Crippen molar-refractivity contribution in [2.45, 2.75) is 0 Å². The highest BCUT2D eigenvalue weighted by Gasteiger charge is 2.24. The third kappa shape index (κ3) is 8.95. The Hall–Kier alpha value is -13.5. The molecule has 0 N–H and O–H groups in total. The second kappa shape index (κ2) is 22.9. The highest BCUT2D eigenvalue weighted by Crippen LogP contribution is 2.42. The van der Waals surface area contributed by atoms with Crippen molar-refractivity contribution < 1.29 is 0 Å². The molecule has 0 saturated heterocycles. The molecule has 0 fully saturated rings. The molecule has 0 aliphatic heterocycles. The van der Waals surface area contributed by atoms with Crippen LogP contribution in [0.3, 0.4) is 0 Å². The van der Waals surface area contributed by atoms with Gasteiger partial charge in [0.05, 0.1) is 33.1 Å². The van der Waals surface area contributed by atoms with Crippen molar-refractivity contribution in [3.63, 3.8) is 0 Å². The molecule has 6 heterocycles. The van der Waals surface area contributed by atoms with Crippen LogP contribution in [0, 0.1) is 0 Å². The Morgan fingerprint density at radius 3 is 0.960 bits per heavy atom. The van der Waals surface area contributed by atoms with Crippen molar-refractivity contribution in [2.75, 3.05) is 0 Å². The van der Waals surface area contributed by atoms with Crippen LogP contribution in [0.1, 0.15) is 0 Å². The smallest absolute Gasteiger partial charge is 0.264 e. The topological polar surface area (TPSA) is 103 Å². The second-order valence-corrected chi connectivity index (χ2v) is 25.1. The molecular weight excluding hydrogens is 1210 g/mol. The van der Waals surface area contributed by atoms with Crippen molar-refractivity contribution in [3.8, 4) is 66.8 Å². The van der Waals surface area contributed by atoms with E-state index in [1.807, 2.05) is 174 Å². The average Bonchev–Trinajstić information content (AvgIpc) is 1.64. The zero-order valence-corrected chi connectivity index (χ0v) is 53.1. The minimum atomic E-state index is -0.0285. The number of hydrogen-bond donors (Lipinski definition) is 0. The summed E-state index contributed by atoms with van der Waals surface area (Å²) in [7, 11) is 0. The number of nitrogens with zero attached hydrogens (tertiary/aromatic N) is 6. The van der Waals surface area contributed by atoms with Gasteiger partial charge in [-0.1, -0.05) is 291 Å². The molecule has 9 nitrogen and oxygen atoms in total. The Morgan fingerprint density at radius 1 is 0.202 bits per heavy atom. The molecule has 15 aromatic carbocycles. The van der Waals surface area contributed by atoms with E-state index in [2.05, 4.69) is 158 Å². The van der Waals surface area contributed by atoms with E-state index in [0.29, 0.717) is 16.9 Å². The molecule has 0 unspecified atom stereocenters. The van der Waals surface area contributed by atoms with Crippen LogP contribution in [0.5, 0.6) is 0 Å². The fraction of sp³-hybridized carbons (Fsp3) is 0. The first kappa shape index (κ1) is 57.0. The van der Waals surface area contributed by atoms with E-state index in [-0.39, 0.29) is 16.7 Å². The van der Waals surface area contributed by atoms with Crippen LogP contribution in [-0.2, 0) is 0 Å². The minimum Gasteiger partial charge on any atom is -0.268 e. The first-order valence-corrected chi connectivity index (χ1v) is 33.1. The molecule has 0 bridgehead atoms. The molecule has 9 heteroatoms. The fourth-order valence-corrected chi connectivity index (χ4v) is 15.3. The summed E-state index contributed by atoms with van der Waals surface area (Å²) in [6.07, 6.45) is 0. The van der Waals surface area contributed by atoms with Crippen LogP contribution in [0.15, 0.2) is 342 Å². The van der Waals surface area contributed by atoms with E-state index in [1.165, 1.54) is 0 Å². The van der Waals surface area contributed by atoms with Gasteiger partial charge in [0.1, 0.15) is 16.9 Å². The number of hydrogen-bond acceptors (Lipinski definition) is 6. The van der Waals surface area contributed by atoms with Gasteiger partial charge in [0, 0.05) is 70.7 Å². The van der Waals surface area contributed by atoms with Gasteiger partial charge in [-0.05, 0) is 97.1 Å². The summed E-state index contributed by atoms with van der Waals surface area (Å²) in [5, 5.41) is 11.3. The lowest BCUT2D eigenvalue weighted by Gasteiger charge is -2.11. The van der Waals surface area contributed by atoms with Gasteiger partial charge in [-0.25, -0.2) is 15.0 Å². The first-order valence-electron chi connectivity index (χ1n) is 33.1. The summed E-state index contributed by atoms with van der Waals surface area (Å²) in [4.78, 5) is 56.7. The zero-order chi connectivity index (χ0) is 65.8. The lowest BCUT2D eigenvalue weighted by Crippen LogP contribution is -2.13. The largest absolute Gasteiger partial charge is 0.268 e. The molecule has 0 aliphatic rings. The highest BCUT2D eigenvalue weighted by atomic mass is 16.1. The molecular formula is C90H54N6O3. The summed E-state index contributed by atoms with van der Waals surface area (Å²) in [6.45, 7) is 0. The molecule has 0 aliphatic carbocycles. The Kier molecular flexibility index (Phi) is 13.2. The van der Waals surface area contributed by atoms with E-state index in [4.69, 9.17) is 15.0 Å². The summed E-state index contributed by atoms with van der Waals surface area (Å²) in [5.41, 5.74) is 20.1. The van der Waals surface area contributed by atoms with E-state index < -0.39 is 0 Å². The average molecular weight is 1270 g/mol. The van der Waals surface area contributed by atoms with Crippen molar-refractivity contribution in [1.29, 1.82) is 0 Å². The van der Waals surface area contributed by atoms with Crippen LogP contribution in [0.2, 0.25) is 0 Å². The lowest BCUT2D eigenvalue weighted by atomic mass is 9.94. The van der Waals surface area contributed by atoms with Gasteiger partial charge in [0.2, 0.25) is 0 Å². The molecule has 0 atom stereocenters. The summed E-state index contributed by atoms with van der Waals surface area (Å²) >= 11 is 0. The molecule has 0 amide bonds. The predicted octanol–water partition coefficient (Wildman–Crippen LogP) is 20.8. The van der Waals surface area contributed by atoms with E-state index in [9.17, 15) is 14.4 Å². The van der Waals surface area contributed by atoms with Gasteiger partial charge in [-0.3, -0.25) is 27.6 Å². The van der Waals surface area contributed by atoms with Crippen LogP contribution in [-0.4, -0.2) is 28.2 Å². The zero-order valence-electron chi connectivity index (χ0n) is 53.1. The Morgan fingerprint density at radius 2 is 0.495 bits per heavy atom. The number of aromatic nitrogens is 6. The van der Waals surface area contributed by atoms with Crippen molar-refractivity contribution in [1.82, 2.24) is 28.2 Å². The molecule has 6 aromatic heterocycles. The Labute approximate surface area is 565 Å². The summed E-state index contributed by atoms with van der Waals surface area (Å²) in [5.74, 6) is 0. The quantitative estimate of drug-likeness (QED) is 0.164. The number of benzene rings is 15. The molecule has 21 aromatic rings. The maximum absolute atomic E-state index is 13.9.